The van der Waals surface area contributed by atoms with E-state index in [9.17, 15) is 5.11 Å². The number of aliphatic hydroxyl groups is 1. The Morgan fingerprint density at radius 2 is 2.17 bits per heavy atom. The Kier molecular flexibility index (Phi) is 3.04. The molecule has 1 heterocycles. The van der Waals surface area contributed by atoms with Gasteiger partial charge in [0.15, 0.2) is 0 Å². The number of benzene rings is 1. The quantitative estimate of drug-likeness (QED) is 0.834. The van der Waals surface area contributed by atoms with Crippen molar-refractivity contribution in [1.29, 1.82) is 0 Å². The molecule has 1 aromatic rings. The summed E-state index contributed by atoms with van der Waals surface area (Å²) in [6.45, 7) is 4.78. The summed E-state index contributed by atoms with van der Waals surface area (Å²) in [4.78, 5) is 2.42. The molecule has 3 atom stereocenters. The van der Waals surface area contributed by atoms with Gasteiger partial charge in [-0.25, -0.2) is 0 Å². The molecule has 2 fully saturated rings. The summed E-state index contributed by atoms with van der Waals surface area (Å²) >= 11 is 0. The standard InChI is InChI=1S/C15H22N2O/c1-10-2-3-11(7-16)14(6-10)17-8-12-4-5-15(18)13(12)9-17/h2-3,6,12-13,15,18H,4-5,7-9,16H2,1H3. The van der Waals surface area contributed by atoms with Crippen molar-refractivity contribution in [2.24, 2.45) is 17.6 Å². The van der Waals surface area contributed by atoms with Crippen LogP contribution in [-0.4, -0.2) is 24.3 Å². The van der Waals surface area contributed by atoms with Crippen molar-refractivity contribution in [3.8, 4) is 0 Å². The lowest BCUT2D eigenvalue weighted by Crippen LogP contribution is -2.25. The van der Waals surface area contributed by atoms with Gasteiger partial charge in [-0.2, -0.15) is 0 Å². The van der Waals surface area contributed by atoms with Gasteiger partial charge in [0.25, 0.3) is 0 Å². The van der Waals surface area contributed by atoms with Gasteiger partial charge in [0.05, 0.1) is 6.10 Å². The molecule has 3 N–H and O–H groups in total. The Labute approximate surface area is 109 Å². The Morgan fingerprint density at radius 3 is 2.89 bits per heavy atom. The van der Waals surface area contributed by atoms with Crippen molar-refractivity contribution in [3.05, 3.63) is 29.3 Å². The zero-order valence-corrected chi connectivity index (χ0v) is 11.0. The van der Waals surface area contributed by atoms with Crippen molar-refractivity contribution in [2.75, 3.05) is 18.0 Å². The molecule has 2 aliphatic rings. The van der Waals surface area contributed by atoms with Crippen molar-refractivity contribution in [1.82, 2.24) is 0 Å². The van der Waals surface area contributed by atoms with E-state index in [0.717, 1.165) is 19.5 Å². The summed E-state index contributed by atoms with van der Waals surface area (Å²) in [5.74, 6) is 1.14. The summed E-state index contributed by atoms with van der Waals surface area (Å²) in [5, 5.41) is 9.99. The van der Waals surface area contributed by atoms with Crippen molar-refractivity contribution in [2.45, 2.75) is 32.4 Å². The molecule has 0 bridgehead atoms. The number of anilines is 1. The second-order valence-electron chi connectivity index (χ2n) is 5.81. The van der Waals surface area contributed by atoms with Crippen LogP contribution in [0.15, 0.2) is 18.2 Å². The fourth-order valence-electron chi connectivity index (χ4n) is 3.57. The number of aliphatic hydroxyl groups excluding tert-OH is 1. The van der Waals surface area contributed by atoms with Gasteiger partial charge in [-0.05, 0) is 42.9 Å². The van der Waals surface area contributed by atoms with Crippen LogP contribution in [0.2, 0.25) is 0 Å². The maximum atomic E-state index is 9.99. The molecule has 0 spiro atoms. The van der Waals surface area contributed by atoms with Crippen LogP contribution >= 0.6 is 0 Å². The van der Waals surface area contributed by atoms with E-state index in [-0.39, 0.29) is 6.10 Å². The minimum absolute atomic E-state index is 0.0915. The predicted molar refractivity (Wildman–Crippen MR) is 73.5 cm³/mol. The number of hydrogen-bond donors (Lipinski definition) is 2. The lowest BCUT2D eigenvalue weighted by atomic mass is 10.00. The third-order valence-electron chi connectivity index (χ3n) is 4.62. The van der Waals surface area contributed by atoms with E-state index in [2.05, 4.69) is 30.0 Å². The van der Waals surface area contributed by atoms with Crippen LogP contribution in [0.5, 0.6) is 0 Å². The zero-order valence-electron chi connectivity index (χ0n) is 11.0. The molecule has 3 unspecified atom stereocenters. The van der Waals surface area contributed by atoms with Crippen LogP contribution in [0.4, 0.5) is 5.69 Å². The Bertz CT molecular complexity index is 446. The first kappa shape index (κ1) is 12.0. The predicted octanol–water partition coefficient (Wildman–Crippen LogP) is 1.66. The first-order valence-corrected chi connectivity index (χ1v) is 6.91. The Morgan fingerprint density at radius 1 is 1.33 bits per heavy atom. The monoisotopic (exact) mass is 246 g/mol. The van der Waals surface area contributed by atoms with Gasteiger partial charge >= 0.3 is 0 Å². The minimum atomic E-state index is -0.0915. The third kappa shape index (κ3) is 1.91. The van der Waals surface area contributed by atoms with Crippen LogP contribution in [0.25, 0.3) is 0 Å². The first-order valence-electron chi connectivity index (χ1n) is 6.91. The smallest absolute Gasteiger partial charge is 0.0588 e. The summed E-state index contributed by atoms with van der Waals surface area (Å²) in [6.07, 6.45) is 2.07. The van der Waals surface area contributed by atoms with Crippen molar-refractivity contribution >= 4 is 5.69 Å². The van der Waals surface area contributed by atoms with E-state index in [1.54, 1.807) is 0 Å². The summed E-state index contributed by atoms with van der Waals surface area (Å²) < 4.78 is 0. The molecule has 1 aliphatic carbocycles. The van der Waals surface area contributed by atoms with Crippen LogP contribution in [-0.2, 0) is 6.54 Å². The molecular formula is C15H22N2O. The number of hydrogen-bond acceptors (Lipinski definition) is 3. The number of nitrogens with two attached hydrogens (primary N) is 1. The lowest BCUT2D eigenvalue weighted by Gasteiger charge is -2.23. The van der Waals surface area contributed by atoms with Crippen LogP contribution in [0.3, 0.4) is 0 Å². The average molecular weight is 246 g/mol. The van der Waals surface area contributed by atoms with Gasteiger partial charge < -0.3 is 15.7 Å². The molecule has 3 rings (SSSR count). The molecule has 98 valence electrons. The van der Waals surface area contributed by atoms with Crippen molar-refractivity contribution in [3.63, 3.8) is 0 Å². The molecule has 3 heteroatoms. The molecule has 1 aromatic carbocycles. The molecule has 0 radical (unpaired) electrons. The summed E-state index contributed by atoms with van der Waals surface area (Å²) in [6, 6.07) is 6.49. The van der Waals surface area contributed by atoms with E-state index < -0.39 is 0 Å². The highest BCUT2D eigenvalue weighted by Crippen LogP contribution is 2.40. The number of fused-ring (bicyclic) bond motifs is 1. The maximum absolute atomic E-state index is 9.99. The zero-order chi connectivity index (χ0) is 12.7. The molecule has 0 amide bonds. The van der Waals surface area contributed by atoms with Crippen molar-refractivity contribution < 1.29 is 5.11 Å². The molecule has 0 aromatic heterocycles. The van der Waals surface area contributed by atoms with Gasteiger partial charge in [0.2, 0.25) is 0 Å². The maximum Gasteiger partial charge on any atom is 0.0588 e. The molecule has 1 aliphatic heterocycles. The highest BCUT2D eigenvalue weighted by molar-refractivity contribution is 5.56. The van der Waals surface area contributed by atoms with Crippen LogP contribution < -0.4 is 10.6 Å². The Balaban J connectivity index is 1.86. The molecule has 18 heavy (non-hydrogen) atoms. The fraction of sp³-hybridized carbons (Fsp3) is 0.600. The van der Waals surface area contributed by atoms with E-state index in [0.29, 0.717) is 18.4 Å². The normalized spacial score (nSPS) is 30.8. The van der Waals surface area contributed by atoms with Crippen LogP contribution in [0, 0.1) is 18.8 Å². The van der Waals surface area contributed by atoms with Gasteiger partial charge in [0, 0.05) is 31.2 Å². The largest absolute Gasteiger partial charge is 0.393 e. The minimum Gasteiger partial charge on any atom is -0.393 e. The van der Waals surface area contributed by atoms with Gasteiger partial charge in [-0.15, -0.1) is 0 Å². The van der Waals surface area contributed by atoms with E-state index in [4.69, 9.17) is 5.73 Å². The van der Waals surface area contributed by atoms with E-state index >= 15 is 0 Å². The number of rotatable bonds is 2. The van der Waals surface area contributed by atoms with Gasteiger partial charge in [-0.3, -0.25) is 0 Å². The second kappa shape index (κ2) is 4.56. The number of nitrogens with zero attached hydrogens (tertiary/aromatic N) is 1. The lowest BCUT2D eigenvalue weighted by molar-refractivity contribution is 0.133. The fourth-order valence-corrected chi connectivity index (χ4v) is 3.57. The summed E-state index contributed by atoms with van der Waals surface area (Å²) in [7, 11) is 0. The third-order valence-corrected chi connectivity index (χ3v) is 4.62. The topological polar surface area (TPSA) is 49.5 Å². The molecule has 1 saturated carbocycles. The first-order chi connectivity index (χ1) is 8.69. The highest BCUT2D eigenvalue weighted by Gasteiger charge is 2.42. The SMILES string of the molecule is Cc1ccc(CN)c(N2CC3CCC(O)C3C2)c1. The van der Waals surface area contributed by atoms with Crippen LogP contribution in [0.1, 0.15) is 24.0 Å². The van der Waals surface area contributed by atoms with Gasteiger partial charge in [-0.1, -0.05) is 12.1 Å². The van der Waals surface area contributed by atoms with Gasteiger partial charge in [0.1, 0.15) is 0 Å². The molecule has 3 nitrogen and oxygen atoms in total. The molecule has 1 saturated heterocycles. The molecular weight excluding hydrogens is 224 g/mol. The average Bonchev–Trinajstić information content (AvgIpc) is 2.92. The Hall–Kier alpha value is -1.06. The summed E-state index contributed by atoms with van der Waals surface area (Å²) in [5.41, 5.74) is 9.61. The second-order valence-corrected chi connectivity index (χ2v) is 5.81. The van der Waals surface area contributed by atoms with E-state index in [1.165, 1.54) is 23.2 Å². The highest BCUT2D eigenvalue weighted by atomic mass is 16.3. The number of aryl methyl sites for hydroxylation is 1. The van der Waals surface area contributed by atoms with E-state index in [1.807, 2.05) is 0 Å².